The summed E-state index contributed by atoms with van der Waals surface area (Å²) in [6, 6.07) is 13.0. The number of rotatable bonds is 5. The highest BCUT2D eigenvalue weighted by Gasteiger charge is 2.29. The molecule has 3 rings (SSSR count). The summed E-state index contributed by atoms with van der Waals surface area (Å²) in [4.78, 5) is 12.9. The Balaban J connectivity index is 1.68. The minimum Gasteiger partial charge on any atom is -0.493 e. The van der Waals surface area contributed by atoms with Gasteiger partial charge in [-0.3, -0.25) is 9.80 Å². The number of amides is 1. The molecule has 2 aromatic rings. The molecule has 2 aromatic carbocycles. The molecular weight excluding hydrogens is 442 g/mol. The Morgan fingerprint density at radius 1 is 1.11 bits per heavy atom. The molecule has 1 fully saturated rings. The van der Waals surface area contributed by atoms with Gasteiger partial charge in [0.1, 0.15) is 0 Å². The summed E-state index contributed by atoms with van der Waals surface area (Å²) in [5.41, 5.74) is 1.56. The molecule has 1 amide bonds. The van der Waals surface area contributed by atoms with Crippen molar-refractivity contribution in [2.45, 2.75) is 13.0 Å². The third-order valence-electron chi connectivity index (χ3n) is 4.51. The van der Waals surface area contributed by atoms with Crippen molar-refractivity contribution in [3.63, 3.8) is 0 Å². The Kier molecular flexibility index (Phi) is 6.74. The van der Waals surface area contributed by atoms with E-state index < -0.39 is 0 Å². The predicted molar refractivity (Wildman–Crippen MR) is 115 cm³/mol. The summed E-state index contributed by atoms with van der Waals surface area (Å²) in [5.74, 6) is 1.28. The highest BCUT2D eigenvalue weighted by atomic mass is 79.9. The maximum Gasteiger partial charge on any atom is 0.272 e. The lowest BCUT2D eigenvalue weighted by Gasteiger charge is -2.30. The lowest BCUT2D eigenvalue weighted by atomic mass is 10.2. The monoisotopic (exact) mass is 463 g/mol. The van der Waals surface area contributed by atoms with Gasteiger partial charge in [0.25, 0.3) is 5.91 Å². The fourth-order valence-electron chi connectivity index (χ4n) is 3.13. The van der Waals surface area contributed by atoms with Gasteiger partial charge in [-0.15, -0.1) is 0 Å². The van der Waals surface area contributed by atoms with Crippen LogP contribution in [0.4, 0.5) is 0 Å². The molecule has 0 aromatic heterocycles. The Morgan fingerprint density at radius 3 is 2.50 bits per heavy atom. The number of carbonyl (C=O) groups is 1. The average molecular weight is 464 g/mol. The third kappa shape index (κ3) is 4.39. The van der Waals surface area contributed by atoms with E-state index >= 15 is 0 Å². The van der Waals surface area contributed by atoms with E-state index in [9.17, 15) is 4.79 Å². The predicted octanol–water partition coefficient (Wildman–Crippen LogP) is 3.60. The van der Waals surface area contributed by atoms with Gasteiger partial charge in [-0.05, 0) is 49.0 Å². The topological polar surface area (TPSA) is 54.0 Å². The maximum absolute atomic E-state index is 12.9. The molecule has 0 aliphatic carbocycles. The normalized spacial score (nSPS) is 13.4. The van der Waals surface area contributed by atoms with E-state index in [-0.39, 0.29) is 5.91 Å². The Hall–Kier alpha value is -2.32. The molecule has 6 nitrogen and oxygen atoms in total. The van der Waals surface area contributed by atoms with Crippen molar-refractivity contribution in [2.75, 3.05) is 27.3 Å². The number of thiocarbonyl (C=S) groups is 1. The number of nitrogens with one attached hydrogen (secondary N) is 1. The van der Waals surface area contributed by atoms with Crippen molar-refractivity contribution in [1.82, 2.24) is 15.3 Å². The molecule has 1 aliphatic rings. The van der Waals surface area contributed by atoms with Crippen LogP contribution in [-0.4, -0.2) is 48.3 Å². The van der Waals surface area contributed by atoms with Gasteiger partial charge in [0, 0.05) is 35.2 Å². The highest BCUT2D eigenvalue weighted by Crippen LogP contribution is 2.30. The number of carbonyl (C=O) groups excluding carboxylic acids is 1. The van der Waals surface area contributed by atoms with Crippen molar-refractivity contribution < 1.29 is 14.3 Å². The quantitative estimate of drug-likeness (QED) is 0.683. The zero-order valence-corrected chi connectivity index (χ0v) is 18.2. The largest absolute Gasteiger partial charge is 0.493 e. The van der Waals surface area contributed by atoms with Crippen LogP contribution in [0.2, 0.25) is 0 Å². The summed E-state index contributed by atoms with van der Waals surface area (Å²) in [5, 5.41) is 7.26. The number of halogens is 1. The number of hydrogen-bond acceptors (Lipinski definition) is 4. The number of para-hydroxylation sites is 1. The maximum atomic E-state index is 12.9. The van der Waals surface area contributed by atoms with Crippen LogP contribution in [0, 0.1) is 0 Å². The molecule has 1 heterocycles. The molecule has 0 bridgehead atoms. The van der Waals surface area contributed by atoms with E-state index in [2.05, 4.69) is 21.2 Å². The zero-order chi connectivity index (χ0) is 20.1. The fraction of sp³-hybridized carbons (Fsp3) is 0.300. The van der Waals surface area contributed by atoms with Gasteiger partial charge in [0.05, 0.1) is 14.2 Å². The molecule has 1 N–H and O–H groups in total. The molecule has 148 valence electrons. The number of benzene rings is 2. The van der Waals surface area contributed by atoms with Crippen LogP contribution in [0.5, 0.6) is 11.5 Å². The van der Waals surface area contributed by atoms with Gasteiger partial charge in [-0.25, -0.2) is 5.01 Å². The number of methoxy groups -OCH3 is 2. The van der Waals surface area contributed by atoms with Crippen molar-refractivity contribution >= 4 is 39.2 Å². The molecule has 28 heavy (non-hydrogen) atoms. The second kappa shape index (κ2) is 9.25. The van der Waals surface area contributed by atoms with Crippen LogP contribution < -0.4 is 14.8 Å². The molecule has 1 saturated heterocycles. The van der Waals surface area contributed by atoms with Crippen LogP contribution in [0.1, 0.15) is 22.3 Å². The first-order valence-corrected chi connectivity index (χ1v) is 10.1. The number of nitrogens with zero attached hydrogens (tertiary/aromatic N) is 2. The Labute approximate surface area is 178 Å². The first-order chi connectivity index (χ1) is 13.5. The van der Waals surface area contributed by atoms with E-state index in [1.54, 1.807) is 31.4 Å². The van der Waals surface area contributed by atoms with Gasteiger partial charge in [-0.1, -0.05) is 28.1 Å². The van der Waals surface area contributed by atoms with Gasteiger partial charge in [-0.2, -0.15) is 0 Å². The smallest absolute Gasteiger partial charge is 0.272 e. The van der Waals surface area contributed by atoms with Crippen LogP contribution in [0.15, 0.2) is 46.9 Å². The summed E-state index contributed by atoms with van der Waals surface area (Å²) < 4.78 is 11.7. The summed E-state index contributed by atoms with van der Waals surface area (Å²) in [6.45, 7) is 1.80. The van der Waals surface area contributed by atoms with Gasteiger partial charge in [0.2, 0.25) is 0 Å². The van der Waals surface area contributed by atoms with E-state index in [4.69, 9.17) is 21.7 Å². The highest BCUT2D eigenvalue weighted by molar-refractivity contribution is 9.10. The van der Waals surface area contributed by atoms with Gasteiger partial charge < -0.3 is 14.8 Å². The van der Waals surface area contributed by atoms with Crippen LogP contribution in [0.3, 0.4) is 0 Å². The Morgan fingerprint density at radius 2 is 1.82 bits per heavy atom. The van der Waals surface area contributed by atoms with Crippen LogP contribution in [0.25, 0.3) is 0 Å². The molecular formula is C20H22BrN3O3S. The number of ether oxygens (including phenoxy) is 2. The second-order valence-corrected chi connectivity index (χ2v) is 7.53. The summed E-state index contributed by atoms with van der Waals surface area (Å²) in [6.07, 6.45) is 0.868. The lowest BCUT2D eigenvalue weighted by molar-refractivity contribution is 0.0491. The molecule has 1 aliphatic heterocycles. The van der Waals surface area contributed by atoms with Crippen molar-refractivity contribution in [3.05, 3.63) is 58.1 Å². The average Bonchev–Trinajstić information content (AvgIpc) is 3.21. The Bertz CT molecular complexity index is 860. The molecule has 0 saturated carbocycles. The zero-order valence-electron chi connectivity index (χ0n) is 15.8. The first-order valence-electron chi connectivity index (χ1n) is 8.87. The lowest BCUT2D eigenvalue weighted by Crippen LogP contribution is -2.48. The van der Waals surface area contributed by atoms with E-state index in [1.807, 2.05) is 35.3 Å². The number of hydrazine groups is 1. The minimum atomic E-state index is -0.0619. The summed E-state index contributed by atoms with van der Waals surface area (Å²) in [7, 11) is 3.22. The van der Waals surface area contributed by atoms with Crippen molar-refractivity contribution in [2.24, 2.45) is 0 Å². The fourth-order valence-corrected chi connectivity index (χ4v) is 3.66. The molecule has 0 radical (unpaired) electrons. The minimum absolute atomic E-state index is 0.0619. The third-order valence-corrected chi connectivity index (χ3v) is 5.39. The standard InChI is InChI=1S/C20H22BrN3O3S/c1-26-17-6-3-5-15(18(17)27-2)13-22-20(28)24-12-4-11-23(24)19(25)14-7-9-16(21)10-8-14/h3,5-10H,4,11-13H2,1-2H3,(H,22,28). The second-order valence-electron chi connectivity index (χ2n) is 6.22. The first kappa shape index (κ1) is 20.4. The van der Waals surface area contributed by atoms with Crippen LogP contribution in [-0.2, 0) is 6.54 Å². The number of hydrogen-bond donors (Lipinski definition) is 1. The summed E-state index contributed by atoms with van der Waals surface area (Å²) >= 11 is 8.95. The van der Waals surface area contributed by atoms with Crippen molar-refractivity contribution in [3.8, 4) is 11.5 Å². The molecule has 8 heteroatoms. The molecule has 0 spiro atoms. The molecule has 0 unspecified atom stereocenters. The SMILES string of the molecule is COc1cccc(CNC(=S)N2CCCN2C(=O)c2ccc(Br)cc2)c1OC. The van der Waals surface area contributed by atoms with Crippen molar-refractivity contribution in [1.29, 1.82) is 0 Å². The van der Waals surface area contributed by atoms with Crippen LogP contribution >= 0.6 is 28.1 Å². The van der Waals surface area contributed by atoms with E-state index in [0.717, 1.165) is 16.5 Å². The van der Waals surface area contributed by atoms with E-state index in [1.165, 1.54) is 0 Å². The molecule has 0 atom stereocenters. The van der Waals surface area contributed by atoms with Gasteiger partial charge in [0.15, 0.2) is 16.6 Å². The van der Waals surface area contributed by atoms with E-state index in [0.29, 0.717) is 41.8 Å². The van der Waals surface area contributed by atoms with Gasteiger partial charge >= 0.3 is 0 Å².